The Kier molecular flexibility index (Phi) is 52.1. The topological polar surface area (TPSA) is 54.4 Å². The van der Waals surface area contributed by atoms with Crippen LogP contribution in [0.2, 0.25) is 0 Å². The summed E-state index contributed by atoms with van der Waals surface area (Å²) in [7, 11) is -2.86. The van der Waals surface area contributed by atoms with Crippen LogP contribution in [0.4, 0.5) is 0 Å². The summed E-state index contributed by atoms with van der Waals surface area (Å²) in [5.74, 6) is 0. The number of hydrogen-bond acceptors (Lipinski definition) is 4. The summed E-state index contributed by atoms with van der Waals surface area (Å²) in [6.07, 6.45) is 0. The Bertz CT molecular complexity index is 59.3. The van der Waals surface area contributed by atoms with Gasteiger partial charge in [0.25, 0.3) is 0 Å². The van der Waals surface area contributed by atoms with Crippen molar-refractivity contribution in [3.8, 4) is 0 Å². The van der Waals surface area contributed by atoms with Crippen molar-refractivity contribution in [1.29, 1.82) is 0 Å². The first-order chi connectivity index (χ1) is 1.73. The molecule has 0 aromatic rings. The van der Waals surface area contributed by atoms with Gasteiger partial charge < -0.3 is 26.5 Å². The second-order valence-electron chi connectivity index (χ2n) is 0.217. The van der Waals surface area contributed by atoms with Crippen LogP contribution < -0.4 is 103 Å². The Labute approximate surface area is 136 Å². The standard InChI is InChI=1S/2K.HO3S.H2S/c;;1-4(2)3;/h;;(H,1,2,3);1H2/q2*+1;-1;/p-1. The molecule has 7 heteroatoms. The predicted octanol–water partition coefficient (Wildman–Crippen LogP) is -6.49. The van der Waals surface area contributed by atoms with Crippen molar-refractivity contribution in [2.45, 2.75) is 0 Å². The van der Waals surface area contributed by atoms with Crippen LogP contribution in [0.25, 0.3) is 0 Å². The minimum absolute atomic E-state index is 0. The first-order valence-electron chi connectivity index (χ1n) is 0.516. The second-order valence-corrected chi connectivity index (χ2v) is 0.651. The third-order valence-electron chi connectivity index (χ3n) is 0. The van der Waals surface area contributed by atoms with Gasteiger partial charge in [0.2, 0.25) is 0 Å². The monoisotopic (exact) mass is 192 g/mol. The molecule has 0 saturated carbocycles. The quantitative estimate of drug-likeness (QED) is 0.136. The van der Waals surface area contributed by atoms with Gasteiger partial charge in [-0.15, -0.1) is 0 Å². The molecule has 0 saturated heterocycles. The van der Waals surface area contributed by atoms with Crippen LogP contribution in [-0.2, 0) is 32.9 Å². The van der Waals surface area contributed by atoms with E-state index in [0.717, 1.165) is 0 Å². The van der Waals surface area contributed by atoms with E-state index in [-0.39, 0.29) is 116 Å². The van der Waals surface area contributed by atoms with Crippen LogP contribution in [0.15, 0.2) is 0 Å². The van der Waals surface area contributed by atoms with Gasteiger partial charge >= 0.3 is 103 Å². The maximum atomic E-state index is 8.56. The number of thiol groups is 1. The predicted molar refractivity (Wildman–Crippen MR) is 20.1 cm³/mol. The van der Waals surface area contributed by atoms with Gasteiger partial charge in [0.1, 0.15) is 0 Å². The Hall–Kier alpha value is 3.53. The van der Waals surface area contributed by atoms with Gasteiger partial charge in [-0.05, 0) is 0 Å². The molecule has 0 aliphatic carbocycles. The molecule has 0 heterocycles. The molecule has 0 atom stereocenters. The molecular formula is H2K2O3S2. The Morgan fingerprint density at radius 1 is 1.14 bits per heavy atom. The van der Waals surface area contributed by atoms with Crippen LogP contribution >= 0.6 is 0 Å². The molecule has 0 bridgehead atoms. The van der Waals surface area contributed by atoms with Crippen LogP contribution in [0, 0.1) is 0 Å². The summed E-state index contributed by atoms with van der Waals surface area (Å²) >= 11 is 0. The van der Waals surface area contributed by atoms with Crippen molar-refractivity contribution in [3.63, 3.8) is 0 Å². The summed E-state index contributed by atoms with van der Waals surface area (Å²) in [5.41, 5.74) is 0. The average molecular weight is 192 g/mol. The molecule has 0 amide bonds. The molecule has 0 radical (unpaired) electrons. The van der Waals surface area contributed by atoms with Gasteiger partial charge in [-0.1, -0.05) is 0 Å². The molecule has 0 aromatic carbocycles. The maximum Gasteiger partial charge on any atom is 1.00 e. The first kappa shape index (κ1) is 22.4. The molecular weight excluding hydrogens is 190 g/mol. The molecule has 0 aromatic heterocycles. The maximum absolute atomic E-state index is 8.56. The molecule has 1 N–H and O–H groups in total. The normalized spacial score (nSPS) is 4.86. The van der Waals surface area contributed by atoms with Gasteiger partial charge in [0.05, 0.1) is 0 Å². The fourth-order valence-corrected chi connectivity index (χ4v) is 0. The zero-order valence-corrected chi connectivity index (χ0v) is 12.1. The van der Waals surface area contributed by atoms with Crippen molar-refractivity contribution in [1.82, 2.24) is 0 Å². The SMILES string of the molecule is O=[S-](=O)O.[K+].[K+].[SH-]. The van der Waals surface area contributed by atoms with Crippen molar-refractivity contribution >= 4 is 24.5 Å². The minimum Gasteiger partial charge on any atom is -0.813 e. The van der Waals surface area contributed by atoms with E-state index in [0.29, 0.717) is 0 Å². The van der Waals surface area contributed by atoms with Crippen molar-refractivity contribution in [3.05, 3.63) is 0 Å². The van der Waals surface area contributed by atoms with Gasteiger partial charge in [0, 0.05) is 11.0 Å². The van der Waals surface area contributed by atoms with Gasteiger partial charge in [-0.3, -0.25) is 0 Å². The summed E-state index contributed by atoms with van der Waals surface area (Å²) in [6, 6.07) is 0. The third kappa shape index (κ3) is 43.3. The summed E-state index contributed by atoms with van der Waals surface area (Å²) in [5, 5.41) is 0. The van der Waals surface area contributed by atoms with Gasteiger partial charge in [0.15, 0.2) is 0 Å². The molecule has 0 spiro atoms. The third-order valence-corrected chi connectivity index (χ3v) is 0. The summed E-state index contributed by atoms with van der Waals surface area (Å²) in [6.45, 7) is 0. The van der Waals surface area contributed by atoms with E-state index in [9.17, 15) is 0 Å². The molecule has 7 heavy (non-hydrogen) atoms. The van der Waals surface area contributed by atoms with Crippen molar-refractivity contribution in [2.75, 3.05) is 0 Å². The molecule has 0 aliphatic rings. The Morgan fingerprint density at radius 2 is 1.14 bits per heavy atom. The van der Waals surface area contributed by atoms with E-state index < -0.39 is 11.0 Å². The Morgan fingerprint density at radius 3 is 1.14 bits per heavy atom. The van der Waals surface area contributed by atoms with E-state index in [1.165, 1.54) is 0 Å². The number of rotatable bonds is 0. The molecule has 3 nitrogen and oxygen atoms in total. The van der Waals surface area contributed by atoms with Gasteiger partial charge in [-0.25, -0.2) is 0 Å². The van der Waals surface area contributed by atoms with Crippen molar-refractivity contribution < 1.29 is 116 Å². The van der Waals surface area contributed by atoms with Crippen LogP contribution in [0.3, 0.4) is 0 Å². The van der Waals surface area contributed by atoms with E-state index in [1.54, 1.807) is 0 Å². The average Bonchev–Trinajstić information content (AvgIpc) is 0.811. The van der Waals surface area contributed by atoms with Gasteiger partial charge in [-0.2, -0.15) is 0 Å². The zero-order valence-electron chi connectivity index (χ0n) is 4.12. The summed E-state index contributed by atoms with van der Waals surface area (Å²) in [4.78, 5) is 0. The first-order valence-corrected chi connectivity index (χ1v) is 1.55. The van der Waals surface area contributed by atoms with E-state index in [4.69, 9.17) is 13.0 Å². The zero-order chi connectivity index (χ0) is 3.58. The van der Waals surface area contributed by atoms with E-state index in [1.807, 2.05) is 0 Å². The molecule has 0 unspecified atom stereocenters. The molecule has 0 rings (SSSR count). The van der Waals surface area contributed by atoms with Crippen molar-refractivity contribution in [2.24, 2.45) is 0 Å². The second kappa shape index (κ2) is 16.3. The van der Waals surface area contributed by atoms with Crippen LogP contribution in [0.1, 0.15) is 0 Å². The smallest absolute Gasteiger partial charge is 0.813 e. The molecule has 0 aliphatic heterocycles. The summed E-state index contributed by atoms with van der Waals surface area (Å²) < 4.78 is 24.1. The minimum atomic E-state index is -2.86. The van der Waals surface area contributed by atoms with Crippen LogP contribution in [-0.4, -0.2) is 4.55 Å². The molecule has 34 valence electrons. The van der Waals surface area contributed by atoms with Crippen LogP contribution in [0.5, 0.6) is 0 Å². The molecule has 0 fully saturated rings. The fraction of sp³-hybridized carbons (Fsp3) is 0. The van der Waals surface area contributed by atoms with E-state index in [2.05, 4.69) is 0 Å². The number of hydrogen-bond donors (Lipinski definition) is 1. The Balaban J connectivity index is -0.0000000150. The fourth-order valence-electron chi connectivity index (χ4n) is 0. The van der Waals surface area contributed by atoms with E-state index >= 15 is 0 Å². The largest absolute Gasteiger partial charge is 1.00 e.